The molecule has 0 radical (unpaired) electrons. The molecule has 27 heavy (non-hydrogen) atoms. The van der Waals surface area contributed by atoms with E-state index in [4.69, 9.17) is 0 Å². The third-order valence-electron chi connectivity index (χ3n) is 5.43. The first-order valence-corrected chi connectivity index (χ1v) is 9.89. The predicted octanol–water partition coefficient (Wildman–Crippen LogP) is 2.96. The van der Waals surface area contributed by atoms with Gasteiger partial charge in [0.25, 0.3) is 5.91 Å². The number of nitrogens with zero attached hydrogens (tertiary/aromatic N) is 4. The zero-order valence-corrected chi connectivity index (χ0v) is 17.0. The van der Waals surface area contributed by atoms with E-state index in [2.05, 4.69) is 37.7 Å². The van der Waals surface area contributed by atoms with Gasteiger partial charge < -0.3 is 14.4 Å². The first-order chi connectivity index (χ1) is 13.0. The van der Waals surface area contributed by atoms with Gasteiger partial charge in [0.15, 0.2) is 0 Å². The fourth-order valence-corrected chi connectivity index (χ4v) is 4.00. The lowest BCUT2D eigenvalue weighted by Gasteiger charge is -2.44. The van der Waals surface area contributed by atoms with Gasteiger partial charge in [-0.3, -0.25) is 9.69 Å². The van der Waals surface area contributed by atoms with Gasteiger partial charge in [0, 0.05) is 55.4 Å². The average molecular weight is 369 g/mol. The lowest BCUT2D eigenvalue weighted by molar-refractivity contribution is 0.0295. The van der Waals surface area contributed by atoms with E-state index in [1.165, 1.54) is 0 Å². The lowest BCUT2D eigenvalue weighted by Crippen LogP contribution is -2.58. The first kappa shape index (κ1) is 19.6. The molecule has 1 saturated heterocycles. The zero-order valence-electron chi connectivity index (χ0n) is 17.0. The highest BCUT2D eigenvalue weighted by atomic mass is 16.2. The van der Waals surface area contributed by atoms with E-state index < -0.39 is 0 Å². The summed E-state index contributed by atoms with van der Waals surface area (Å²) in [5.41, 5.74) is 1.84. The van der Waals surface area contributed by atoms with E-state index in [1.54, 1.807) is 0 Å². The van der Waals surface area contributed by atoms with Crippen LogP contribution in [0.5, 0.6) is 0 Å². The highest BCUT2D eigenvalue weighted by Crippen LogP contribution is 2.19. The number of hydrogen-bond acceptors (Lipinski definition) is 3. The third-order valence-corrected chi connectivity index (χ3v) is 5.43. The molecule has 2 heterocycles. The van der Waals surface area contributed by atoms with Crippen molar-refractivity contribution < 1.29 is 4.79 Å². The summed E-state index contributed by atoms with van der Waals surface area (Å²) in [5.74, 6) is 0.140. The maximum absolute atomic E-state index is 13.0. The average Bonchev–Trinajstić information content (AvgIpc) is 3.18. The predicted molar refractivity (Wildman–Crippen MR) is 110 cm³/mol. The highest BCUT2D eigenvalue weighted by molar-refractivity contribution is 5.94. The number of hydrogen-bond donors (Lipinski definition) is 0. The molecule has 0 aliphatic carbocycles. The Balaban J connectivity index is 1.61. The van der Waals surface area contributed by atoms with Crippen LogP contribution in [0.25, 0.3) is 5.69 Å². The Labute approximate surface area is 163 Å². The lowest BCUT2D eigenvalue weighted by atomic mass is 10.1. The smallest absolute Gasteiger partial charge is 0.253 e. The summed E-state index contributed by atoms with van der Waals surface area (Å²) in [6.45, 7) is 8.26. The van der Waals surface area contributed by atoms with Crippen molar-refractivity contribution in [2.75, 3.05) is 40.3 Å². The number of carbonyl (C=O) groups excluding carboxylic acids is 1. The van der Waals surface area contributed by atoms with Crippen LogP contribution < -0.4 is 0 Å². The van der Waals surface area contributed by atoms with Crippen molar-refractivity contribution in [2.45, 2.75) is 32.4 Å². The van der Waals surface area contributed by atoms with Gasteiger partial charge in [-0.05, 0) is 77.3 Å². The molecule has 1 aliphatic rings. The van der Waals surface area contributed by atoms with Crippen LogP contribution in [0.4, 0.5) is 0 Å². The van der Waals surface area contributed by atoms with Gasteiger partial charge in [-0.2, -0.15) is 0 Å². The number of carbonyl (C=O) groups is 1. The molecule has 1 aliphatic heterocycles. The Bertz CT molecular complexity index is 711. The Morgan fingerprint density at radius 1 is 1.04 bits per heavy atom. The molecule has 2 unspecified atom stereocenters. The normalized spacial score (nSPS) is 21.0. The van der Waals surface area contributed by atoms with Gasteiger partial charge in [-0.15, -0.1) is 0 Å². The summed E-state index contributed by atoms with van der Waals surface area (Å²) < 4.78 is 2.05. The third kappa shape index (κ3) is 4.79. The second kappa shape index (κ2) is 8.72. The molecule has 0 N–H and O–H groups in total. The monoisotopic (exact) mass is 368 g/mol. The minimum Gasteiger partial charge on any atom is -0.336 e. The van der Waals surface area contributed by atoms with Crippen LogP contribution in [0.1, 0.15) is 30.6 Å². The summed E-state index contributed by atoms with van der Waals surface area (Å²) in [6.07, 6.45) is 5.18. The van der Waals surface area contributed by atoms with Crippen molar-refractivity contribution in [1.82, 2.24) is 19.3 Å². The SMILES string of the molecule is CC1CN(C(=O)c2ccc(-n3cccc3)cc2)CC(C)N1CCCN(C)C. The molecule has 3 rings (SSSR count). The number of aromatic nitrogens is 1. The molecule has 0 spiro atoms. The second-order valence-corrected chi connectivity index (χ2v) is 7.94. The molecular weight excluding hydrogens is 336 g/mol. The summed E-state index contributed by atoms with van der Waals surface area (Å²) >= 11 is 0. The molecule has 1 aromatic heterocycles. The van der Waals surface area contributed by atoms with Crippen LogP contribution in [0.3, 0.4) is 0 Å². The topological polar surface area (TPSA) is 31.7 Å². The van der Waals surface area contributed by atoms with Gasteiger partial charge in [0.1, 0.15) is 0 Å². The van der Waals surface area contributed by atoms with Crippen LogP contribution in [0.2, 0.25) is 0 Å². The maximum Gasteiger partial charge on any atom is 0.253 e. The van der Waals surface area contributed by atoms with E-state index in [9.17, 15) is 4.79 Å². The van der Waals surface area contributed by atoms with Crippen LogP contribution in [0.15, 0.2) is 48.8 Å². The molecule has 5 heteroatoms. The van der Waals surface area contributed by atoms with Gasteiger partial charge in [0.05, 0.1) is 0 Å². The highest BCUT2D eigenvalue weighted by Gasteiger charge is 2.31. The number of piperazine rings is 1. The van der Waals surface area contributed by atoms with E-state index in [0.29, 0.717) is 12.1 Å². The molecule has 2 aromatic rings. The molecule has 1 amide bonds. The molecule has 0 bridgehead atoms. The van der Waals surface area contributed by atoms with Crippen molar-refractivity contribution in [3.05, 3.63) is 54.4 Å². The standard InChI is InChI=1S/C22H32N4O/c1-18-16-25(17-19(2)26(18)15-7-12-23(3)4)22(27)20-8-10-21(11-9-20)24-13-5-6-14-24/h5-6,8-11,13-14,18-19H,7,12,15-17H2,1-4H3. The largest absolute Gasteiger partial charge is 0.336 e. The van der Waals surface area contributed by atoms with Crippen molar-refractivity contribution in [3.8, 4) is 5.69 Å². The van der Waals surface area contributed by atoms with E-state index in [1.807, 2.05) is 58.3 Å². The minimum absolute atomic E-state index is 0.140. The summed E-state index contributed by atoms with van der Waals surface area (Å²) in [4.78, 5) is 19.8. The maximum atomic E-state index is 13.0. The van der Waals surface area contributed by atoms with Crippen LogP contribution in [-0.4, -0.2) is 77.5 Å². The van der Waals surface area contributed by atoms with E-state index >= 15 is 0 Å². The quantitative estimate of drug-likeness (QED) is 0.786. The number of rotatable bonds is 6. The number of amides is 1. The summed E-state index contributed by atoms with van der Waals surface area (Å²) in [5, 5.41) is 0. The molecule has 1 aromatic carbocycles. The molecule has 0 saturated carbocycles. The Morgan fingerprint density at radius 3 is 2.19 bits per heavy atom. The molecule has 2 atom stereocenters. The summed E-state index contributed by atoms with van der Waals surface area (Å²) in [6, 6.07) is 12.7. The Kier molecular flexibility index (Phi) is 6.34. The van der Waals surface area contributed by atoms with Crippen LogP contribution in [-0.2, 0) is 0 Å². The fraction of sp³-hybridized carbons (Fsp3) is 0.500. The fourth-order valence-electron chi connectivity index (χ4n) is 4.00. The van der Waals surface area contributed by atoms with Crippen molar-refractivity contribution in [2.24, 2.45) is 0 Å². The molecule has 146 valence electrons. The summed E-state index contributed by atoms with van der Waals surface area (Å²) in [7, 11) is 4.23. The Hall–Kier alpha value is -2.11. The van der Waals surface area contributed by atoms with Gasteiger partial charge >= 0.3 is 0 Å². The molecule has 5 nitrogen and oxygen atoms in total. The van der Waals surface area contributed by atoms with Crippen LogP contribution >= 0.6 is 0 Å². The number of benzene rings is 1. The van der Waals surface area contributed by atoms with Crippen molar-refractivity contribution in [3.63, 3.8) is 0 Å². The van der Waals surface area contributed by atoms with E-state index in [0.717, 1.165) is 43.9 Å². The van der Waals surface area contributed by atoms with Crippen molar-refractivity contribution in [1.29, 1.82) is 0 Å². The zero-order chi connectivity index (χ0) is 19.4. The molecular formula is C22H32N4O. The van der Waals surface area contributed by atoms with Crippen LogP contribution in [0, 0.1) is 0 Å². The minimum atomic E-state index is 0.140. The Morgan fingerprint density at radius 2 is 1.63 bits per heavy atom. The molecule has 1 fully saturated rings. The van der Waals surface area contributed by atoms with Gasteiger partial charge in [-0.1, -0.05) is 0 Å². The second-order valence-electron chi connectivity index (χ2n) is 7.94. The first-order valence-electron chi connectivity index (χ1n) is 9.89. The van der Waals surface area contributed by atoms with Gasteiger partial charge in [-0.25, -0.2) is 0 Å². The van der Waals surface area contributed by atoms with Gasteiger partial charge in [0.2, 0.25) is 0 Å². The van der Waals surface area contributed by atoms with E-state index in [-0.39, 0.29) is 5.91 Å². The van der Waals surface area contributed by atoms with Crippen molar-refractivity contribution >= 4 is 5.91 Å².